The molecule has 8 heteroatoms. The molecule has 1 amide bonds. The Kier molecular flexibility index (Phi) is 4.40. The minimum Gasteiger partial charge on any atom is -0.341 e. The summed E-state index contributed by atoms with van der Waals surface area (Å²) in [6, 6.07) is 9.72. The Hall–Kier alpha value is -3.03. The van der Waals surface area contributed by atoms with Crippen LogP contribution in [0.1, 0.15) is 67.9 Å². The van der Waals surface area contributed by atoms with Crippen molar-refractivity contribution < 1.29 is 9.32 Å². The molecule has 3 fully saturated rings. The molecule has 0 bridgehead atoms. The second-order valence-electron chi connectivity index (χ2n) is 9.27. The smallest absolute Gasteiger partial charge is 0.227 e. The number of likely N-dealkylation sites (tertiary alicyclic amines) is 1. The van der Waals surface area contributed by atoms with Gasteiger partial charge in [-0.3, -0.25) is 9.89 Å². The van der Waals surface area contributed by atoms with E-state index >= 15 is 0 Å². The number of rotatable bonds is 6. The number of carbonyl (C=O) groups excluding carboxylic acids is 1. The molecule has 3 aliphatic rings. The van der Waals surface area contributed by atoms with Crippen LogP contribution in [0.2, 0.25) is 0 Å². The summed E-state index contributed by atoms with van der Waals surface area (Å²) in [5.74, 6) is 3.95. The summed E-state index contributed by atoms with van der Waals surface area (Å²) in [7, 11) is 0. The van der Waals surface area contributed by atoms with Gasteiger partial charge in [0.05, 0.1) is 0 Å². The predicted molar refractivity (Wildman–Crippen MR) is 112 cm³/mol. The van der Waals surface area contributed by atoms with Crippen molar-refractivity contribution in [1.82, 2.24) is 30.2 Å². The van der Waals surface area contributed by atoms with E-state index in [-0.39, 0.29) is 17.2 Å². The van der Waals surface area contributed by atoms with Crippen LogP contribution < -0.4 is 0 Å². The van der Waals surface area contributed by atoms with Crippen molar-refractivity contribution in [2.45, 2.75) is 56.8 Å². The standard InChI is InChI=1S/C23H26N6O2/c30-19(10-9-18-24-21(28-31-18)15-5-2-1-3-6-15)29-13-17(23(14-29)11-4-12-23)22-25-20(26-27-22)16-7-8-16/h1-3,5-6,16-17H,4,7-14H2,(H,25,26,27). The van der Waals surface area contributed by atoms with Gasteiger partial charge in [0.2, 0.25) is 17.6 Å². The van der Waals surface area contributed by atoms with Gasteiger partial charge in [0.25, 0.3) is 0 Å². The van der Waals surface area contributed by atoms with Crippen LogP contribution in [0.5, 0.6) is 0 Å². The predicted octanol–water partition coefficient (Wildman–Crippen LogP) is 3.46. The van der Waals surface area contributed by atoms with E-state index in [1.165, 1.54) is 19.3 Å². The average molecular weight is 419 g/mol. The Morgan fingerprint density at radius 1 is 1.19 bits per heavy atom. The second kappa shape index (κ2) is 7.28. The average Bonchev–Trinajstić information content (AvgIpc) is 3.20. The number of nitrogens with one attached hydrogen (secondary N) is 1. The number of aromatic nitrogens is 5. The zero-order valence-electron chi connectivity index (χ0n) is 17.5. The fourth-order valence-electron chi connectivity index (χ4n) is 5.07. The maximum Gasteiger partial charge on any atom is 0.227 e. The van der Waals surface area contributed by atoms with E-state index in [0.29, 0.717) is 30.5 Å². The lowest BCUT2D eigenvalue weighted by molar-refractivity contribution is -0.130. The molecule has 2 saturated carbocycles. The van der Waals surface area contributed by atoms with Crippen LogP contribution in [0.25, 0.3) is 11.4 Å². The van der Waals surface area contributed by atoms with Gasteiger partial charge in [0.1, 0.15) is 5.82 Å². The fourth-order valence-corrected chi connectivity index (χ4v) is 5.07. The van der Waals surface area contributed by atoms with E-state index < -0.39 is 0 Å². The molecule has 2 aliphatic carbocycles. The van der Waals surface area contributed by atoms with Gasteiger partial charge in [0.15, 0.2) is 5.82 Å². The van der Waals surface area contributed by atoms with Gasteiger partial charge in [-0.1, -0.05) is 41.9 Å². The number of hydrogen-bond donors (Lipinski definition) is 1. The molecule has 3 heterocycles. The number of nitrogens with zero attached hydrogens (tertiary/aromatic N) is 5. The minimum atomic E-state index is 0.148. The highest BCUT2D eigenvalue weighted by Gasteiger charge is 2.53. The first-order valence-electron chi connectivity index (χ1n) is 11.3. The molecule has 1 atom stereocenters. The van der Waals surface area contributed by atoms with Gasteiger partial charge < -0.3 is 9.42 Å². The lowest BCUT2D eigenvalue weighted by atomic mass is 9.62. The van der Waals surface area contributed by atoms with Crippen molar-refractivity contribution in [2.24, 2.45) is 5.41 Å². The zero-order chi connectivity index (χ0) is 20.8. The molecule has 6 rings (SSSR count). The van der Waals surface area contributed by atoms with E-state index in [9.17, 15) is 4.79 Å². The first-order chi connectivity index (χ1) is 15.2. The molecule has 1 spiro atoms. The number of carbonyl (C=O) groups is 1. The lowest BCUT2D eigenvalue weighted by Crippen LogP contribution is -2.38. The number of amides is 1. The number of aryl methyl sites for hydroxylation is 1. The third kappa shape index (κ3) is 3.43. The molecular weight excluding hydrogens is 392 g/mol. The van der Waals surface area contributed by atoms with Crippen LogP contribution in [-0.2, 0) is 11.2 Å². The summed E-state index contributed by atoms with van der Waals surface area (Å²) in [4.78, 5) is 24.3. The first kappa shape index (κ1) is 18.7. The molecule has 31 heavy (non-hydrogen) atoms. The van der Waals surface area contributed by atoms with Gasteiger partial charge in [-0.25, -0.2) is 4.98 Å². The number of aromatic amines is 1. The first-order valence-corrected chi connectivity index (χ1v) is 11.3. The van der Waals surface area contributed by atoms with Crippen molar-refractivity contribution in [3.8, 4) is 11.4 Å². The third-order valence-corrected chi connectivity index (χ3v) is 7.20. The lowest BCUT2D eigenvalue weighted by Gasteiger charge is -2.41. The molecule has 0 radical (unpaired) electrons. The molecule has 1 aromatic carbocycles. The Morgan fingerprint density at radius 3 is 2.77 bits per heavy atom. The molecule has 3 aromatic rings. The van der Waals surface area contributed by atoms with E-state index in [1.54, 1.807) is 0 Å². The summed E-state index contributed by atoms with van der Waals surface area (Å²) in [6.07, 6.45) is 6.77. The van der Waals surface area contributed by atoms with Crippen molar-refractivity contribution in [2.75, 3.05) is 13.1 Å². The minimum absolute atomic E-state index is 0.148. The van der Waals surface area contributed by atoms with Crippen molar-refractivity contribution in [3.63, 3.8) is 0 Å². The Bertz CT molecular complexity index is 1080. The quantitative estimate of drug-likeness (QED) is 0.658. The van der Waals surface area contributed by atoms with Crippen LogP contribution in [0.3, 0.4) is 0 Å². The highest BCUT2D eigenvalue weighted by Crippen LogP contribution is 2.55. The fraction of sp³-hybridized carbons (Fsp3) is 0.522. The van der Waals surface area contributed by atoms with Crippen LogP contribution in [-0.4, -0.2) is 49.2 Å². The van der Waals surface area contributed by atoms with Crippen molar-refractivity contribution in [3.05, 3.63) is 47.9 Å². The molecule has 160 valence electrons. The second-order valence-corrected chi connectivity index (χ2v) is 9.27. The molecular formula is C23H26N6O2. The van der Waals surface area contributed by atoms with E-state index in [4.69, 9.17) is 9.51 Å². The largest absolute Gasteiger partial charge is 0.341 e. The summed E-state index contributed by atoms with van der Waals surface area (Å²) >= 11 is 0. The van der Waals surface area contributed by atoms with E-state index in [2.05, 4.69) is 20.3 Å². The molecule has 1 saturated heterocycles. The van der Waals surface area contributed by atoms with Crippen molar-refractivity contribution in [1.29, 1.82) is 0 Å². The zero-order valence-corrected chi connectivity index (χ0v) is 17.5. The van der Waals surface area contributed by atoms with Gasteiger partial charge in [-0.15, -0.1) is 0 Å². The van der Waals surface area contributed by atoms with Gasteiger partial charge in [0, 0.05) is 43.3 Å². The highest BCUT2D eigenvalue weighted by molar-refractivity contribution is 5.77. The van der Waals surface area contributed by atoms with Gasteiger partial charge in [-0.05, 0) is 31.1 Å². The third-order valence-electron chi connectivity index (χ3n) is 7.20. The van der Waals surface area contributed by atoms with Crippen LogP contribution in [0.15, 0.2) is 34.9 Å². The van der Waals surface area contributed by atoms with E-state index in [1.807, 2.05) is 35.2 Å². The molecule has 1 aliphatic heterocycles. The van der Waals surface area contributed by atoms with Crippen molar-refractivity contribution >= 4 is 5.91 Å². The molecule has 8 nitrogen and oxygen atoms in total. The SMILES string of the molecule is O=C(CCc1nc(-c2ccccc2)no1)N1CC(c2nc(C3CC3)n[nH]2)C2(CCC2)C1. The normalized spacial score (nSPS) is 22.1. The monoisotopic (exact) mass is 418 g/mol. The molecule has 1 N–H and O–H groups in total. The topological polar surface area (TPSA) is 101 Å². The Morgan fingerprint density at radius 2 is 2.03 bits per heavy atom. The number of H-pyrrole nitrogens is 1. The summed E-state index contributed by atoms with van der Waals surface area (Å²) < 4.78 is 5.37. The van der Waals surface area contributed by atoms with Gasteiger partial charge in [-0.2, -0.15) is 10.1 Å². The van der Waals surface area contributed by atoms with Crippen LogP contribution in [0, 0.1) is 5.41 Å². The highest BCUT2D eigenvalue weighted by atomic mass is 16.5. The Labute approximate surface area is 180 Å². The molecule has 1 unspecified atom stereocenters. The Balaban J connectivity index is 1.11. The van der Waals surface area contributed by atoms with Crippen LogP contribution in [0.4, 0.5) is 0 Å². The summed E-state index contributed by atoms with van der Waals surface area (Å²) in [5, 5.41) is 11.7. The number of benzene rings is 1. The summed E-state index contributed by atoms with van der Waals surface area (Å²) in [5.41, 5.74) is 1.08. The maximum absolute atomic E-state index is 13.0. The maximum atomic E-state index is 13.0. The van der Waals surface area contributed by atoms with E-state index in [0.717, 1.165) is 43.1 Å². The molecule has 2 aromatic heterocycles. The summed E-state index contributed by atoms with van der Waals surface area (Å²) in [6.45, 7) is 1.53. The van der Waals surface area contributed by atoms with Crippen LogP contribution >= 0.6 is 0 Å². The number of hydrogen-bond acceptors (Lipinski definition) is 6. The van der Waals surface area contributed by atoms with Gasteiger partial charge >= 0.3 is 0 Å².